The number of benzene rings is 1. The van der Waals surface area contributed by atoms with E-state index in [0.717, 1.165) is 16.5 Å². The maximum atomic E-state index is 11.4. The summed E-state index contributed by atoms with van der Waals surface area (Å²) >= 11 is 0. The number of aromatic nitrogens is 1. The van der Waals surface area contributed by atoms with Gasteiger partial charge in [0.15, 0.2) is 0 Å². The molecule has 0 fully saturated rings. The molecule has 106 valence electrons. The largest absolute Gasteiger partial charge is 0.486 e. The van der Waals surface area contributed by atoms with Gasteiger partial charge in [-0.2, -0.15) is 0 Å². The number of aryl methyl sites for hydroxylation is 1. The Morgan fingerprint density at radius 2 is 2.10 bits per heavy atom. The highest BCUT2D eigenvalue weighted by molar-refractivity contribution is 5.81. The fourth-order valence-corrected chi connectivity index (χ4v) is 2.27. The molecule has 2 aromatic heterocycles. The molecule has 0 N–H and O–H groups in total. The van der Waals surface area contributed by atoms with Gasteiger partial charge in [-0.3, -0.25) is 4.98 Å². The number of hydrogen-bond acceptors (Lipinski definition) is 4. The maximum Gasteiger partial charge on any atom is 0.336 e. The van der Waals surface area contributed by atoms with Crippen molar-refractivity contribution in [1.82, 2.24) is 4.98 Å². The number of fused-ring (bicyclic) bond motifs is 1. The minimum absolute atomic E-state index is 0.132. The summed E-state index contributed by atoms with van der Waals surface area (Å²) in [5.41, 5.74) is 2.07. The second-order valence-corrected chi connectivity index (χ2v) is 4.95. The Hall–Kier alpha value is -2.62. The predicted octanol–water partition coefficient (Wildman–Crippen LogP) is 3.64. The van der Waals surface area contributed by atoms with E-state index in [2.05, 4.69) is 4.98 Å². The Labute approximate surface area is 122 Å². The number of rotatable bonds is 3. The maximum absolute atomic E-state index is 11.4. The van der Waals surface area contributed by atoms with Crippen LogP contribution in [0.5, 0.6) is 5.75 Å². The van der Waals surface area contributed by atoms with Crippen molar-refractivity contribution in [1.29, 1.82) is 0 Å². The van der Waals surface area contributed by atoms with Gasteiger partial charge in [0.2, 0.25) is 0 Å². The fourth-order valence-electron chi connectivity index (χ4n) is 2.27. The van der Waals surface area contributed by atoms with E-state index in [1.54, 1.807) is 18.5 Å². The van der Waals surface area contributed by atoms with E-state index >= 15 is 0 Å². The van der Waals surface area contributed by atoms with Crippen LogP contribution in [0, 0.1) is 6.92 Å². The predicted molar refractivity (Wildman–Crippen MR) is 80.5 cm³/mol. The molecular formula is C17H15NO3. The highest BCUT2D eigenvalue weighted by Crippen LogP contribution is 2.26. The first kappa shape index (κ1) is 13.4. The van der Waals surface area contributed by atoms with E-state index in [4.69, 9.17) is 9.15 Å². The van der Waals surface area contributed by atoms with Gasteiger partial charge in [0.25, 0.3) is 0 Å². The van der Waals surface area contributed by atoms with Crippen LogP contribution in [0.4, 0.5) is 0 Å². The summed E-state index contributed by atoms with van der Waals surface area (Å²) in [6, 6.07) is 10.8. The molecule has 4 heteroatoms. The number of pyridine rings is 1. The highest BCUT2D eigenvalue weighted by Gasteiger charge is 2.09. The average molecular weight is 281 g/mol. The number of ether oxygens (including phenoxy) is 1. The molecule has 2 heterocycles. The van der Waals surface area contributed by atoms with Crippen molar-refractivity contribution in [2.24, 2.45) is 0 Å². The topological polar surface area (TPSA) is 52.3 Å². The molecule has 4 nitrogen and oxygen atoms in total. The van der Waals surface area contributed by atoms with Gasteiger partial charge in [0, 0.05) is 35.5 Å². The number of hydrogen-bond donors (Lipinski definition) is 0. The molecule has 0 aliphatic rings. The van der Waals surface area contributed by atoms with Gasteiger partial charge in [-0.25, -0.2) is 4.79 Å². The lowest BCUT2D eigenvalue weighted by atomic mass is 10.1. The normalized spacial score (nSPS) is 12.3. The molecule has 0 aliphatic carbocycles. The molecule has 1 unspecified atom stereocenters. The second kappa shape index (κ2) is 5.40. The zero-order valence-electron chi connectivity index (χ0n) is 11.9. The molecule has 0 amide bonds. The van der Waals surface area contributed by atoms with Crippen LogP contribution in [0.25, 0.3) is 11.0 Å². The minimum Gasteiger partial charge on any atom is -0.486 e. The third-order valence-electron chi connectivity index (χ3n) is 3.39. The summed E-state index contributed by atoms with van der Waals surface area (Å²) in [4.78, 5) is 15.5. The summed E-state index contributed by atoms with van der Waals surface area (Å²) in [7, 11) is 0. The van der Waals surface area contributed by atoms with Crippen LogP contribution in [-0.4, -0.2) is 4.98 Å². The quantitative estimate of drug-likeness (QED) is 0.688. The van der Waals surface area contributed by atoms with Crippen LogP contribution < -0.4 is 10.4 Å². The van der Waals surface area contributed by atoms with Crippen LogP contribution >= 0.6 is 0 Å². The second-order valence-electron chi connectivity index (χ2n) is 4.95. The van der Waals surface area contributed by atoms with E-state index in [9.17, 15) is 4.79 Å². The zero-order valence-corrected chi connectivity index (χ0v) is 11.9. The minimum atomic E-state index is -0.350. The molecule has 3 rings (SSSR count). The molecule has 0 aliphatic heterocycles. The Morgan fingerprint density at radius 1 is 1.24 bits per heavy atom. The molecule has 0 saturated carbocycles. The number of nitrogens with zero attached hydrogens (tertiary/aromatic N) is 1. The first-order valence-electron chi connectivity index (χ1n) is 6.74. The Kier molecular flexibility index (Phi) is 3.44. The molecule has 1 aromatic carbocycles. The highest BCUT2D eigenvalue weighted by atomic mass is 16.5. The third-order valence-corrected chi connectivity index (χ3v) is 3.39. The average Bonchev–Trinajstić information content (AvgIpc) is 2.47. The van der Waals surface area contributed by atoms with E-state index < -0.39 is 0 Å². The van der Waals surface area contributed by atoms with Crippen LogP contribution in [0.2, 0.25) is 0 Å². The van der Waals surface area contributed by atoms with Gasteiger partial charge < -0.3 is 9.15 Å². The molecule has 21 heavy (non-hydrogen) atoms. The van der Waals surface area contributed by atoms with Crippen molar-refractivity contribution in [3.63, 3.8) is 0 Å². The first-order valence-corrected chi connectivity index (χ1v) is 6.74. The zero-order chi connectivity index (χ0) is 14.8. The lowest BCUT2D eigenvalue weighted by molar-refractivity contribution is 0.226. The van der Waals surface area contributed by atoms with Gasteiger partial charge in [-0.05, 0) is 37.6 Å². The smallest absolute Gasteiger partial charge is 0.336 e. The van der Waals surface area contributed by atoms with Crippen LogP contribution in [-0.2, 0) is 0 Å². The van der Waals surface area contributed by atoms with E-state index in [1.165, 1.54) is 6.07 Å². The summed E-state index contributed by atoms with van der Waals surface area (Å²) < 4.78 is 11.1. The fraction of sp³-hybridized carbons (Fsp3) is 0.176. The van der Waals surface area contributed by atoms with Crippen molar-refractivity contribution in [3.8, 4) is 5.75 Å². The summed E-state index contributed by atoms with van der Waals surface area (Å²) in [5, 5.41) is 0.913. The first-order chi connectivity index (χ1) is 10.1. The molecular weight excluding hydrogens is 266 g/mol. The van der Waals surface area contributed by atoms with Crippen molar-refractivity contribution >= 4 is 11.0 Å². The van der Waals surface area contributed by atoms with Gasteiger partial charge >= 0.3 is 5.63 Å². The van der Waals surface area contributed by atoms with Crippen LogP contribution in [0.15, 0.2) is 58.0 Å². The van der Waals surface area contributed by atoms with Crippen molar-refractivity contribution < 1.29 is 9.15 Å². The molecule has 0 spiro atoms. The third kappa shape index (κ3) is 2.79. The van der Waals surface area contributed by atoms with Gasteiger partial charge in [0.1, 0.15) is 17.4 Å². The lowest BCUT2D eigenvalue weighted by Gasteiger charge is -2.15. The van der Waals surface area contributed by atoms with E-state index in [-0.39, 0.29) is 11.7 Å². The van der Waals surface area contributed by atoms with Gasteiger partial charge in [-0.1, -0.05) is 6.07 Å². The Bertz CT molecular complexity index is 824. The molecule has 0 radical (unpaired) electrons. The monoisotopic (exact) mass is 281 g/mol. The summed E-state index contributed by atoms with van der Waals surface area (Å²) in [6.45, 7) is 3.84. The summed E-state index contributed by atoms with van der Waals surface area (Å²) in [6.07, 6.45) is 3.37. The van der Waals surface area contributed by atoms with E-state index in [1.807, 2.05) is 38.1 Å². The lowest BCUT2D eigenvalue weighted by Crippen LogP contribution is -2.03. The van der Waals surface area contributed by atoms with Gasteiger partial charge in [-0.15, -0.1) is 0 Å². The molecule has 0 bridgehead atoms. The van der Waals surface area contributed by atoms with Crippen molar-refractivity contribution in [3.05, 3.63) is 70.3 Å². The van der Waals surface area contributed by atoms with Crippen molar-refractivity contribution in [2.75, 3.05) is 0 Å². The van der Waals surface area contributed by atoms with Crippen molar-refractivity contribution in [2.45, 2.75) is 20.0 Å². The summed E-state index contributed by atoms with van der Waals surface area (Å²) in [5.74, 6) is 0.660. The Morgan fingerprint density at radius 3 is 2.86 bits per heavy atom. The Balaban J connectivity index is 1.93. The molecule has 3 aromatic rings. The van der Waals surface area contributed by atoms with Crippen LogP contribution in [0.3, 0.4) is 0 Å². The standard InChI is InChI=1S/C17H15NO3/c1-11-8-17(19)21-16-9-14(5-6-15(11)16)20-12(2)13-4-3-7-18-10-13/h3-10,12H,1-2H3. The van der Waals surface area contributed by atoms with E-state index in [0.29, 0.717) is 11.3 Å². The molecule has 1 atom stereocenters. The van der Waals surface area contributed by atoms with Crippen LogP contribution in [0.1, 0.15) is 24.2 Å². The van der Waals surface area contributed by atoms with Gasteiger partial charge in [0.05, 0.1) is 0 Å². The SMILES string of the molecule is Cc1cc(=O)oc2cc(OC(C)c3cccnc3)ccc12. The molecule has 0 saturated heterocycles.